The van der Waals surface area contributed by atoms with E-state index in [-0.39, 0.29) is 0 Å². The highest BCUT2D eigenvalue weighted by Gasteiger charge is 2.24. The molecule has 4 aromatic carbocycles. The lowest BCUT2D eigenvalue weighted by Gasteiger charge is -2.27. The van der Waals surface area contributed by atoms with Crippen molar-refractivity contribution in [2.45, 2.75) is 87.5 Å². The van der Waals surface area contributed by atoms with Crippen LogP contribution in [0, 0.1) is 18.8 Å². The fourth-order valence-corrected chi connectivity index (χ4v) is 8.25. The molecule has 266 valence electrons. The van der Waals surface area contributed by atoms with E-state index in [1.54, 1.807) is 16.7 Å². The van der Waals surface area contributed by atoms with Crippen LogP contribution in [0.4, 0.5) is 0 Å². The molecule has 7 aromatic rings. The van der Waals surface area contributed by atoms with Gasteiger partial charge in [0.25, 0.3) is 0 Å². The van der Waals surface area contributed by atoms with Gasteiger partial charge in [-0.3, -0.25) is 4.57 Å². The van der Waals surface area contributed by atoms with Gasteiger partial charge in [-0.05, 0) is 132 Å². The van der Waals surface area contributed by atoms with Gasteiger partial charge in [-0.2, -0.15) is 5.10 Å². The van der Waals surface area contributed by atoms with E-state index in [0.29, 0.717) is 11.8 Å². The Hall–Kier alpha value is -5.16. The number of fused-ring (bicyclic) bond motifs is 3. The van der Waals surface area contributed by atoms with Crippen LogP contribution >= 0.6 is 0 Å². The minimum absolute atomic E-state index is 0.561. The average Bonchev–Trinajstić information content (AvgIpc) is 3.74. The van der Waals surface area contributed by atoms with Crippen LogP contribution in [0.15, 0.2) is 97.5 Å². The highest BCUT2D eigenvalue weighted by atomic mass is 16.5. The normalized spacial score (nSPS) is 11.8. The van der Waals surface area contributed by atoms with Crippen LogP contribution in [0.25, 0.3) is 44.4 Å². The van der Waals surface area contributed by atoms with Gasteiger partial charge in [-0.15, -0.1) is 0 Å². The van der Waals surface area contributed by atoms with Crippen LogP contribution in [0.5, 0.6) is 11.5 Å². The Morgan fingerprint density at radius 2 is 1.31 bits per heavy atom. The third-order valence-corrected chi connectivity index (χ3v) is 10.3. The maximum Gasteiger partial charge on any atom is 0.137 e. The fraction of sp³-hybridized carbons (Fsp3) is 0.319. The summed E-state index contributed by atoms with van der Waals surface area (Å²) < 4.78 is 10.8. The Morgan fingerprint density at radius 3 is 1.98 bits per heavy atom. The molecule has 0 fully saturated rings. The molecular weight excluding hydrogens is 637 g/mol. The Morgan fingerprint density at radius 1 is 0.654 bits per heavy atom. The molecule has 0 spiro atoms. The maximum absolute atomic E-state index is 6.59. The summed E-state index contributed by atoms with van der Waals surface area (Å²) >= 11 is 0. The molecule has 0 amide bonds. The zero-order chi connectivity index (χ0) is 36.5. The topological polar surface area (TPSA) is 44.9 Å². The van der Waals surface area contributed by atoms with E-state index in [1.165, 1.54) is 38.6 Å². The van der Waals surface area contributed by atoms with E-state index in [1.807, 2.05) is 29.1 Å². The molecular formula is C47H52N4O. The number of para-hydroxylation sites is 1. The highest BCUT2D eigenvalue weighted by Crippen LogP contribution is 2.40. The number of aryl methyl sites for hydroxylation is 1. The average molecular weight is 689 g/mol. The van der Waals surface area contributed by atoms with Gasteiger partial charge in [0.1, 0.15) is 17.3 Å². The third kappa shape index (κ3) is 6.65. The van der Waals surface area contributed by atoms with Crippen LogP contribution in [-0.2, 0) is 32.1 Å². The van der Waals surface area contributed by atoms with Crippen molar-refractivity contribution >= 4 is 21.8 Å². The zero-order valence-corrected chi connectivity index (χ0v) is 32.1. The van der Waals surface area contributed by atoms with Crippen molar-refractivity contribution in [2.24, 2.45) is 11.8 Å². The molecule has 0 aliphatic rings. The molecule has 5 heteroatoms. The molecule has 52 heavy (non-hydrogen) atoms. The van der Waals surface area contributed by atoms with E-state index in [0.717, 1.165) is 66.1 Å². The number of pyridine rings is 1. The molecule has 0 saturated heterocycles. The first-order chi connectivity index (χ1) is 25.2. The summed E-state index contributed by atoms with van der Waals surface area (Å²) in [5.74, 6) is 3.56. The van der Waals surface area contributed by atoms with Crippen molar-refractivity contribution in [1.82, 2.24) is 19.3 Å². The van der Waals surface area contributed by atoms with Crippen molar-refractivity contribution in [3.05, 3.63) is 131 Å². The number of hydrogen-bond acceptors (Lipinski definition) is 3. The Kier molecular flexibility index (Phi) is 10.1. The first kappa shape index (κ1) is 35.3. The SMILES string of the molecule is CCc1c(CC)c(CC(C)C)c(-c2cnn(-c3cccc(Oc4ccc5c6ccccc6n(-c6cc(C)ccn6)c5c4)c3)c2)c(CC(C)C)c1CC. The van der Waals surface area contributed by atoms with E-state index in [9.17, 15) is 0 Å². The number of benzene rings is 4. The second kappa shape index (κ2) is 14.8. The zero-order valence-electron chi connectivity index (χ0n) is 32.1. The van der Waals surface area contributed by atoms with Crippen LogP contribution < -0.4 is 4.74 Å². The summed E-state index contributed by atoms with van der Waals surface area (Å²) in [6.45, 7) is 18.5. The third-order valence-electron chi connectivity index (χ3n) is 10.3. The first-order valence-electron chi connectivity index (χ1n) is 19.2. The van der Waals surface area contributed by atoms with Crippen molar-refractivity contribution in [3.63, 3.8) is 0 Å². The first-order valence-corrected chi connectivity index (χ1v) is 19.2. The number of hydrogen-bond donors (Lipinski definition) is 0. The molecule has 0 saturated carbocycles. The minimum Gasteiger partial charge on any atom is -0.457 e. The van der Waals surface area contributed by atoms with Crippen molar-refractivity contribution in [1.29, 1.82) is 0 Å². The number of rotatable bonds is 12. The van der Waals surface area contributed by atoms with Gasteiger partial charge in [0, 0.05) is 40.9 Å². The summed E-state index contributed by atoms with van der Waals surface area (Å²) in [4.78, 5) is 4.74. The smallest absolute Gasteiger partial charge is 0.137 e. The van der Waals surface area contributed by atoms with Crippen LogP contribution in [0.1, 0.15) is 81.8 Å². The fourth-order valence-electron chi connectivity index (χ4n) is 8.25. The minimum atomic E-state index is 0.561. The predicted molar refractivity (Wildman–Crippen MR) is 218 cm³/mol. The summed E-state index contributed by atoms with van der Waals surface area (Å²) in [5.41, 5.74) is 14.7. The summed E-state index contributed by atoms with van der Waals surface area (Å²) in [7, 11) is 0. The molecule has 0 unspecified atom stereocenters. The van der Waals surface area contributed by atoms with Crippen molar-refractivity contribution < 1.29 is 4.74 Å². The van der Waals surface area contributed by atoms with Crippen LogP contribution in [0.3, 0.4) is 0 Å². The van der Waals surface area contributed by atoms with Gasteiger partial charge >= 0.3 is 0 Å². The molecule has 3 heterocycles. The molecule has 0 aliphatic heterocycles. The predicted octanol–water partition coefficient (Wildman–Crippen LogP) is 12.2. The van der Waals surface area contributed by atoms with Crippen LogP contribution in [-0.4, -0.2) is 19.3 Å². The molecule has 0 N–H and O–H groups in total. The molecule has 0 aliphatic carbocycles. The number of ether oxygens (including phenoxy) is 1. The van der Waals surface area contributed by atoms with E-state index in [4.69, 9.17) is 14.8 Å². The molecule has 0 atom stereocenters. The van der Waals surface area contributed by atoms with Gasteiger partial charge < -0.3 is 4.74 Å². The van der Waals surface area contributed by atoms with Gasteiger partial charge in [0.2, 0.25) is 0 Å². The van der Waals surface area contributed by atoms with E-state index in [2.05, 4.69) is 133 Å². The second-order valence-electron chi connectivity index (χ2n) is 15.0. The molecule has 3 aromatic heterocycles. The summed E-state index contributed by atoms with van der Waals surface area (Å²) in [6, 6.07) is 27.3. The van der Waals surface area contributed by atoms with Crippen LogP contribution in [0.2, 0.25) is 0 Å². The lowest BCUT2D eigenvalue weighted by atomic mass is 9.77. The second-order valence-corrected chi connectivity index (χ2v) is 15.0. The molecule has 5 nitrogen and oxygen atoms in total. The van der Waals surface area contributed by atoms with Gasteiger partial charge in [0.05, 0.1) is 22.9 Å². The van der Waals surface area contributed by atoms with E-state index >= 15 is 0 Å². The standard InChI is InChI=1S/C47H52N4O/c1-9-37-38(10-2)42(23-30(4)5)47(43(24-31(6)7)39(37)11-3)33-28-49-50(29-33)34-15-14-16-35(26-34)52-36-19-20-41-40-17-12-13-18-44(40)51(45(41)27-36)46-25-32(8)21-22-48-46/h12-22,25-31H,9-11,23-24H2,1-8H3. The Bertz CT molecular complexity index is 2330. The highest BCUT2D eigenvalue weighted by molar-refractivity contribution is 6.09. The number of aromatic nitrogens is 4. The quantitative estimate of drug-likeness (QED) is 0.128. The maximum atomic E-state index is 6.59. The van der Waals surface area contributed by atoms with Crippen molar-refractivity contribution in [2.75, 3.05) is 0 Å². The molecule has 0 radical (unpaired) electrons. The van der Waals surface area contributed by atoms with E-state index < -0.39 is 0 Å². The molecule has 0 bridgehead atoms. The van der Waals surface area contributed by atoms with Gasteiger partial charge in [-0.25, -0.2) is 9.67 Å². The molecule has 7 rings (SSSR count). The van der Waals surface area contributed by atoms with Crippen molar-refractivity contribution in [3.8, 4) is 34.1 Å². The summed E-state index contributed by atoms with van der Waals surface area (Å²) in [6.07, 6.45) is 11.5. The Labute approximate surface area is 309 Å². The summed E-state index contributed by atoms with van der Waals surface area (Å²) in [5, 5.41) is 7.34. The lowest BCUT2D eigenvalue weighted by Crippen LogP contribution is -2.14. The van der Waals surface area contributed by atoms with Gasteiger partial charge in [-0.1, -0.05) is 72.7 Å². The largest absolute Gasteiger partial charge is 0.457 e. The lowest BCUT2D eigenvalue weighted by molar-refractivity contribution is 0.483. The monoisotopic (exact) mass is 688 g/mol. The Balaban J connectivity index is 1.28. The van der Waals surface area contributed by atoms with Gasteiger partial charge in [0.15, 0.2) is 0 Å². The number of nitrogens with zero attached hydrogens (tertiary/aromatic N) is 4.